The molecule has 0 bridgehead atoms. The summed E-state index contributed by atoms with van der Waals surface area (Å²) in [6.07, 6.45) is 1.77. The number of nitrogens with one attached hydrogen (secondary N) is 1. The monoisotopic (exact) mass is 377 g/mol. The standard InChI is InChI=1S/C17H23N5O3S/c1-11(2)25-9-4-8-18-14(23)6-5-13-19-20-17-21(3)16(24)15-12(22(13)17)7-10-26-15/h7,10-11H,4-6,8-9H2,1-3H3,(H,18,23). The number of thiophene rings is 1. The van der Waals surface area contributed by atoms with Crippen LogP contribution >= 0.6 is 11.3 Å². The number of aromatic nitrogens is 4. The van der Waals surface area contributed by atoms with E-state index in [0.717, 1.165) is 11.9 Å². The fraction of sp³-hybridized carbons (Fsp3) is 0.529. The van der Waals surface area contributed by atoms with E-state index in [9.17, 15) is 9.59 Å². The Balaban J connectivity index is 1.65. The van der Waals surface area contributed by atoms with Gasteiger partial charge < -0.3 is 10.1 Å². The minimum absolute atomic E-state index is 0.0299. The van der Waals surface area contributed by atoms with E-state index in [1.807, 2.05) is 29.7 Å². The molecule has 0 unspecified atom stereocenters. The third kappa shape index (κ3) is 3.78. The van der Waals surface area contributed by atoms with Gasteiger partial charge in [-0.15, -0.1) is 21.5 Å². The van der Waals surface area contributed by atoms with Crippen LogP contribution in [0.3, 0.4) is 0 Å². The van der Waals surface area contributed by atoms with Crippen LogP contribution in [0.25, 0.3) is 16.0 Å². The van der Waals surface area contributed by atoms with Gasteiger partial charge >= 0.3 is 0 Å². The molecular formula is C17H23N5O3S. The van der Waals surface area contributed by atoms with Crippen LogP contribution in [0.15, 0.2) is 16.2 Å². The molecule has 9 heteroatoms. The molecule has 3 heterocycles. The number of hydrogen-bond donors (Lipinski definition) is 1. The molecule has 0 spiro atoms. The van der Waals surface area contributed by atoms with E-state index < -0.39 is 0 Å². The number of aryl methyl sites for hydroxylation is 2. The molecule has 0 saturated carbocycles. The van der Waals surface area contributed by atoms with Gasteiger partial charge in [0.2, 0.25) is 11.7 Å². The van der Waals surface area contributed by atoms with Crippen molar-refractivity contribution in [2.45, 2.75) is 39.2 Å². The molecule has 140 valence electrons. The largest absolute Gasteiger partial charge is 0.379 e. The smallest absolute Gasteiger partial charge is 0.272 e. The summed E-state index contributed by atoms with van der Waals surface area (Å²) in [5.41, 5.74) is 0.710. The van der Waals surface area contributed by atoms with E-state index in [4.69, 9.17) is 4.74 Å². The first-order valence-electron chi connectivity index (χ1n) is 8.67. The number of rotatable bonds is 8. The highest BCUT2D eigenvalue weighted by Crippen LogP contribution is 2.19. The Morgan fingerprint density at radius 3 is 2.96 bits per heavy atom. The zero-order valence-corrected chi connectivity index (χ0v) is 16.0. The molecule has 0 fully saturated rings. The maximum absolute atomic E-state index is 12.3. The molecule has 8 nitrogen and oxygen atoms in total. The summed E-state index contributed by atoms with van der Waals surface area (Å²) in [4.78, 5) is 24.4. The summed E-state index contributed by atoms with van der Waals surface area (Å²) in [5, 5.41) is 13.1. The van der Waals surface area contributed by atoms with Gasteiger partial charge in [0.05, 0.1) is 11.6 Å². The Morgan fingerprint density at radius 2 is 2.19 bits per heavy atom. The first kappa shape index (κ1) is 18.5. The quantitative estimate of drug-likeness (QED) is 0.601. The van der Waals surface area contributed by atoms with Gasteiger partial charge in [0.1, 0.15) is 10.5 Å². The van der Waals surface area contributed by atoms with Crippen molar-refractivity contribution in [3.8, 4) is 0 Å². The normalized spacial score (nSPS) is 11.7. The summed E-state index contributed by atoms with van der Waals surface area (Å²) < 4.78 is 9.46. The molecule has 3 aromatic heterocycles. The number of carbonyl (C=O) groups is 1. The lowest BCUT2D eigenvalue weighted by Gasteiger charge is -2.08. The highest BCUT2D eigenvalue weighted by atomic mass is 32.1. The Morgan fingerprint density at radius 1 is 1.38 bits per heavy atom. The van der Waals surface area contributed by atoms with E-state index in [0.29, 0.717) is 42.3 Å². The van der Waals surface area contributed by atoms with E-state index in [1.54, 1.807) is 7.05 Å². The van der Waals surface area contributed by atoms with Crippen molar-refractivity contribution in [3.63, 3.8) is 0 Å². The lowest BCUT2D eigenvalue weighted by Crippen LogP contribution is -2.26. The van der Waals surface area contributed by atoms with Gasteiger partial charge in [-0.05, 0) is 31.7 Å². The Kier molecular flexibility index (Phi) is 5.67. The Bertz CT molecular complexity index is 972. The van der Waals surface area contributed by atoms with Crippen LogP contribution in [0.2, 0.25) is 0 Å². The number of amides is 1. The van der Waals surface area contributed by atoms with Crippen LogP contribution in [0.1, 0.15) is 32.5 Å². The van der Waals surface area contributed by atoms with Gasteiger partial charge in [-0.2, -0.15) is 0 Å². The van der Waals surface area contributed by atoms with Crippen molar-refractivity contribution in [1.29, 1.82) is 0 Å². The SMILES string of the molecule is CC(C)OCCCNC(=O)CCc1nnc2n(C)c(=O)c3sccc3n12. The van der Waals surface area contributed by atoms with E-state index in [-0.39, 0.29) is 17.6 Å². The van der Waals surface area contributed by atoms with Crippen molar-refractivity contribution in [2.24, 2.45) is 7.05 Å². The predicted molar refractivity (Wildman–Crippen MR) is 101 cm³/mol. The third-order valence-electron chi connectivity index (χ3n) is 4.07. The zero-order chi connectivity index (χ0) is 18.7. The first-order valence-corrected chi connectivity index (χ1v) is 9.55. The number of nitrogens with zero attached hydrogens (tertiary/aromatic N) is 4. The van der Waals surface area contributed by atoms with Crippen LogP contribution in [0.5, 0.6) is 0 Å². The second-order valence-electron chi connectivity index (χ2n) is 6.37. The molecule has 0 radical (unpaired) electrons. The molecule has 0 aliphatic heterocycles. The number of hydrogen-bond acceptors (Lipinski definition) is 6. The number of ether oxygens (including phenoxy) is 1. The minimum Gasteiger partial charge on any atom is -0.379 e. The van der Waals surface area contributed by atoms with Gasteiger partial charge in [0.25, 0.3) is 5.56 Å². The van der Waals surface area contributed by atoms with Gasteiger partial charge in [-0.1, -0.05) is 0 Å². The fourth-order valence-electron chi connectivity index (χ4n) is 2.75. The van der Waals surface area contributed by atoms with Crippen molar-refractivity contribution in [1.82, 2.24) is 24.5 Å². The van der Waals surface area contributed by atoms with Crippen LogP contribution in [-0.4, -0.2) is 44.3 Å². The van der Waals surface area contributed by atoms with Crippen molar-refractivity contribution in [2.75, 3.05) is 13.2 Å². The first-order chi connectivity index (χ1) is 12.5. The van der Waals surface area contributed by atoms with Crippen molar-refractivity contribution >= 4 is 33.2 Å². The highest BCUT2D eigenvalue weighted by molar-refractivity contribution is 7.17. The molecule has 0 atom stereocenters. The van der Waals surface area contributed by atoms with Gasteiger partial charge in [-0.3, -0.25) is 18.6 Å². The summed E-state index contributed by atoms with van der Waals surface area (Å²) in [6.45, 7) is 5.20. The highest BCUT2D eigenvalue weighted by Gasteiger charge is 2.16. The molecule has 0 saturated heterocycles. The number of carbonyl (C=O) groups excluding carboxylic acids is 1. The van der Waals surface area contributed by atoms with Crippen LogP contribution in [0, 0.1) is 0 Å². The second-order valence-corrected chi connectivity index (χ2v) is 7.29. The molecule has 3 aromatic rings. The molecule has 1 amide bonds. The van der Waals surface area contributed by atoms with Gasteiger partial charge in [-0.25, -0.2) is 0 Å². The van der Waals surface area contributed by atoms with Crippen molar-refractivity contribution in [3.05, 3.63) is 27.6 Å². The fourth-order valence-corrected chi connectivity index (χ4v) is 3.60. The average molecular weight is 377 g/mol. The molecule has 0 aliphatic carbocycles. The van der Waals surface area contributed by atoms with Gasteiger partial charge in [0.15, 0.2) is 0 Å². The van der Waals surface area contributed by atoms with Gasteiger partial charge in [0, 0.05) is 33.0 Å². The van der Waals surface area contributed by atoms with E-state index in [2.05, 4.69) is 15.5 Å². The van der Waals surface area contributed by atoms with Crippen LogP contribution < -0.4 is 10.9 Å². The third-order valence-corrected chi connectivity index (χ3v) is 4.96. The predicted octanol–water partition coefficient (Wildman–Crippen LogP) is 1.51. The maximum Gasteiger partial charge on any atom is 0.272 e. The molecule has 26 heavy (non-hydrogen) atoms. The topological polar surface area (TPSA) is 90.5 Å². The number of fused-ring (bicyclic) bond motifs is 3. The summed E-state index contributed by atoms with van der Waals surface area (Å²) in [7, 11) is 1.68. The molecule has 0 aliphatic rings. The second kappa shape index (κ2) is 7.96. The average Bonchev–Trinajstić information content (AvgIpc) is 3.23. The van der Waals surface area contributed by atoms with Crippen LogP contribution in [-0.2, 0) is 23.0 Å². The summed E-state index contributed by atoms with van der Waals surface area (Å²) in [6, 6.07) is 1.88. The summed E-state index contributed by atoms with van der Waals surface area (Å²) in [5.74, 6) is 1.14. The molecule has 0 aromatic carbocycles. The minimum atomic E-state index is -0.0807. The summed E-state index contributed by atoms with van der Waals surface area (Å²) >= 11 is 1.40. The Labute approximate surface area is 154 Å². The lowest BCUT2D eigenvalue weighted by atomic mass is 10.2. The zero-order valence-electron chi connectivity index (χ0n) is 15.2. The lowest BCUT2D eigenvalue weighted by molar-refractivity contribution is -0.121. The van der Waals surface area contributed by atoms with Crippen LogP contribution in [0.4, 0.5) is 0 Å². The molecule has 3 rings (SSSR count). The molecular weight excluding hydrogens is 354 g/mol. The van der Waals surface area contributed by atoms with E-state index in [1.165, 1.54) is 15.9 Å². The Hall–Kier alpha value is -2.26. The maximum atomic E-state index is 12.3. The van der Waals surface area contributed by atoms with Crippen molar-refractivity contribution < 1.29 is 9.53 Å². The van der Waals surface area contributed by atoms with E-state index >= 15 is 0 Å². The molecule has 1 N–H and O–H groups in total.